The molecule has 1 aromatic heterocycles. The van der Waals surface area contributed by atoms with E-state index < -0.39 is 5.60 Å². The molecular formula is C22H37N5O3. The Labute approximate surface area is 179 Å². The highest BCUT2D eigenvalue weighted by Gasteiger charge is 2.45. The number of carbonyl (C=O) groups excluding carboxylic acids is 1. The van der Waals surface area contributed by atoms with Gasteiger partial charge in [-0.1, -0.05) is 19.0 Å². The molecule has 0 radical (unpaired) electrons. The molecule has 2 aliphatic rings. The first-order chi connectivity index (χ1) is 14.2. The Hall–Kier alpha value is -2.25. The van der Waals surface area contributed by atoms with E-state index in [1.807, 2.05) is 31.7 Å². The number of aliphatic imine (C=N–C) groups is 1. The van der Waals surface area contributed by atoms with Crippen LogP contribution in [0.25, 0.3) is 0 Å². The summed E-state index contributed by atoms with van der Waals surface area (Å²) in [6, 6.07) is 2.70. The minimum absolute atomic E-state index is 0.180. The Morgan fingerprint density at radius 1 is 1.33 bits per heavy atom. The number of nitrogens with one attached hydrogen (secondary N) is 2. The fourth-order valence-electron chi connectivity index (χ4n) is 4.25. The van der Waals surface area contributed by atoms with E-state index in [9.17, 15) is 4.79 Å². The number of fused-ring (bicyclic) bond motifs is 2. The van der Waals surface area contributed by atoms with Crippen LogP contribution in [0.4, 0.5) is 4.79 Å². The van der Waals surface area contributed by atoms with Crippen LogP contribution in [0, 0.1) is 0 Å². The zero-order valence-corrected chi connectivity index (χ0v) is 19.2. The number of rotatable bonds is 5. The Balaban J connectivity index is 1.60. The van der Waals surface area contributed by atoms with E-state index in [0.717, 1.165) is 49.6 Å². The van der Waals surface area contributed by atoms with Gasteiger partial charge >= 0.3 is 6.09 Å². The molecule has 8 heteroatoms. The molecule has 2 N–H and O–H groups in total. The van der Waals surface area contributed by atoms with Gasteiger partial charge in [-0.15, -0.1) is 0 Å². The Morgan fingerprint density at radius 3 is 2.53 bits per heavy atom. The van der Waals surface area contributed by atoms with E-state index in [1.165, 1.54) is 0 Å². The lowest BCUT2D eigenvalue weighted by atomic mass is 9.98. The van der Waals surface area contributed by atoms with Crippen LogP contribution in [0.1, 0.15) is 84.6 Å². The molecule has 2 unspecified atom stereocenters. The van der Waals surface area contributed by atoms with Gasteiger partial charge in [0, 0.05) is 30.7 Å². The third-order valence-corrected chi connectivity index (χ3v) is 5.58. The standard InChI is InChI=1S/C22H37N5O3/c1-7-23-20(24-13-18-12-19(14(2)3)26-30-18)25-15-10-16-8-9-17(11-15)27(16)21(28)29-22(4,5)6/h12,14-17H,7-11,13H2,1-6H3,(H2,23,24,25). The van der Waals surface area contributed by atoms with Gasteiger partial charge in [-0.2, -0.15) is 0 Å². The number of piperidine rings is 1. The molecule has 2 atom stereocenters. The summed E-state index contributed by atoms with van der Waals surface area (Å²) in [6.45, 7) is 13.2. The monoisotopic (exact) mass is 419 g/mol. The lowest BCUT2D eigenvalue weighted by Gasteiger charge is -2.40. The normalized spacial score (nSPS) is 24.3. The maximum atomic E-state index is 12.6. The van der Waals surface area contributed by atoms with Gasteiger partial charge in [-0.3, -0.25) is 0 Å². The van der Waals surface area contributed by atoms with Crippen molar-refractivity contribution in [3.05, 3.63) is 17.5 Å². The number of hydrogen-bond donors (Lipinski definition) is 2. The fraction of sp³-hybridized carbons (Fsp3) is 0.773. The average molecular weight is 420 g/mol. The van der Waals surface area contributed by atoms with Crippen molar-refractivity contribution in [1.29, 1.82) is 0 Å². The van der Waals surface area contributed by atoms with Crippen molar-refractivity contribution in [2.75, 3.05) is 6.54 Å². The quantitative estimate of drug-likeness (QED) is 0.557. The molecule has 8 nitrogen and oxygen atoms in total. The number of carbonyl (C=O) groups is 1. The van der Waals surface area contributed by atoms with Gasteiger partial charge in [0.05, 0.1) is 5.69 Å². The number of nitrogens with zero attached hydrogens (tertiary/aromatic N) is 3. The van der Waals surface area contributed by atoms with Gasteiger partial charge in [-0.05, 0) is 59.3 Å². The third kappa shape index (κ3) is 5.67. The van der Waals surface area contributed by atoms with Crippen LogP contribution in [0.5, 0.6) is 0 Å². The van der Waals surface area contributed by atoms with Crippen LogP contribution in [-0.4, -0.2) is 52.4 Å². The summed E-state index contributed by atoms with van der Waals surface area (Å²) >= 11 is 0. The van der Waals surface area contributed by atoms with Crippen molar-refractivity contribution in [2.45, 2.75) is 103 Å². The summed E-state index contributed by atoms with van der Waals surface area (Å²) in [6.07, 6.45) is 3.69. The van der Waals surface area contributed by atoms with Gasteiger partial charge in [0.25, 0.3) is 0 Å². The zero-order valence-electron chi connectivity index (χ0n) is 19.2. The first-order valence-corrected chi connectivity index (χ1v) is 11.2. The summed E-state index contributed by atoms with van der Waals surface area (Å²) in [5.74, 6) is 1.87. The van der Waals surface area contributed by atoms with E-state index in [1.54, 1.807) is 0 Å². The van der Waals surface area contributed by atoms with Crippen LogP contribution in [0.2, 0.25) is 0 Å². The topological polar surface area (TPSA) is 92.0 Å². The van der Waals surface area contributed by atoms with Crippen LogP contribution >= 0.6 is 0 Å². The van der Waals surface area contributed by atoms with E-state index in [2.05, 4.69) is 41.6 Å². The van der Waals surface area contributed by atoms with Crippen molar-refractivity contribution >= 4 is 12.1 Å². The lowest BCUT2D eigenvalue weighted by Crippen LogP contribution is -2.55. The van der Waals surface area contributed by atoms with Crippen LogP contribution in [0.3, 0.4) is 0 Å². The van der Waals surface area contributed by atoms with Crippen molar-refractivity contribution in [2.24, 2.45) is 4.99 Å². The highest BCUT2D eigenvalue weighted by Crippen LogP contribution is 2.36. The Bertz CT molecular complexity index is 738. The van der Waals surface area contributed by atoms with Gasteiger partial charge in [0.1, 0.15) is 12.1 Å². The predicted molar refractivity (Wildman–Crippen MR) is 116 cm³/mol. The van der Waals surface area contributed by atoms with Gasteiger partial charge < -0.3 is 24.8 Å². The zero-order chi connectivity index (χ0) is 21.9. The second-order valence-corrected chi connectivity index (χ2v) is 9.65. The van der Waals surface area contributed by atoms with E-state index in [0.29, 0.717) is 12.5 Å². The van der Waals surface area contributed by atoms with E-state index in [-0.39, 0.29) is 24.2 Å². The molecular weight excluding hydrogens is 382 g/mol. The highest BCUT2D eigenvalue weighted by atomic mass is 16.6. The summed E-state index contributed by atoms with van der Waals surface area (Å²) < 4.78 is 11.0. The molecule has 2 aliphatic heterocycles. The summed E-state index contributed by atoms with van der Waals surface area (Å²) in [5, 5.41) is 11.0. The van der Waals surface area contributed by atoms with E-state index >= 15 is 0 Å². The van der Waals surface area contributed by atoms with Gasteiger partial charge in [-0.25, -0.2) is 9.79 Å². The van der Waals surface area contributed by atoms with Crippen molar-refractivity contribution < 1.29 is 14.1 Å². The molecule has 2 bridgehead atoms. The van der Waals surface area contributed by atoms with Gasteiger partial charge in [0.15, 0.2) is 11.7 Å². The molecule has 168 valence electrons. The first kappa shape index (κ1) is 22.4. The van der Waals surface area contributed by atoms with Gasteiger partial charge in [0.2, 0.25) is 0 Å². The second kappa shape index (κ2) is 9.27. The predicted octanol–water partition coefficient (Wildman–Crippen LogP) is 3.78. The highest BCUT2D eigenvalue weighted by molar-refractivity contribution is 5.80. The number of guanidine groups is 1. The van der Waals surface area contributed by atoms with Crippen LogP contribution in [-0.2, 0) is 11.3 Å². The van der Waals surface area contributed by atoms with Crippen molar-refractivity contribution in [3.63, 3.8) is 0 Å². The average Bonchev–Trinajstić information content (AvgIpc) is 3.22. The molecule has 2 saturated heterocycles. The van der Waals surface area contributed by atoms with E-state index in [4.69, 9.17) is 9.26 Å². The largest absolute Gasteiger partial charge is 0.444 e. The molecule has 0 saturated carbocycles. The summed E-state index contributed by atoms with van der Waals surface area (Å²) in [7, 11) is 0. The molecule has 3 heterocycles. The smallest absolute Gasteiger partial charge is 0.410 e. The number of hydrogen-bond acceptors (Lipinski definition) is 5. The van der Waals surface area contributed by atoms with Crippen molar-refractivity contribution in [3.8, 4) is 0 Å². The maximum Gasteiger partial charge on any atom is 0.410 e. The molecule has 0 aliphatic carbocycles. The molecule has 1 aromatic rings. The van der Waals surface area contributed by atoms with Crippen LogP contribution < -0.4 is 10.6 Å². The molecule has 3 rings (SSSR count). The lowest BCUT2D eigenvalue weighted by molar-refractivity contribution is 0.00545. The summed E-state index contributed by atoms with van der Waals surface area (Å²) in [5.41, 5.74) is 0.483. The van der Waals surface area contributed by atoms with Crippen molar-refractivity contribution in [1.82, 2.24) is 20.7 Å². The minimum Gasteiger partial charge on any atom is -0.444 e. The molecule has 0 aromatic carbocycles. The maximum absolute atomic E-state index is 12.6. The fourth-order valence-corrected chi connectivity index (χ4v) is 4.25. The molecule has 30 heavy (non-hydrogen) atoms. The Morgan fingerprint density at radius 2 is 2.00 bits per heavy atom. The number of aromatic nitrogens is 1. The summed E-state index contributed by atoms with van der Waals surface area (Å²) in [4.78, 5) is 19.3. The Kier molecular flexibility index (Phi) is 6.93. The van der Waals surface area contributed by atoms with Crippen LogP contribution in [0.15, 0.2) is 15.6 Å². The minimum atomic E-state index is -0.466. The first-order valence-electron chi connectivity index (χ1n) is 11.2. The molecule has 2 fully saturated rings. The molecule has 1 amide bonds. The second-order valence-electron chi connectivity index (χ2n) is 9.65. The third-order valence-electron chi connectivity index (χ3n) is 5.58. The SMILES string of the molecule is CCNC(=NCc1cc(C(C)C)no1)NC1CC2CCC(C1)N2C(=O)OC(C)(C)C. The molecule has 0 spiro atoms. The number of amides is 1. The number of ether oxygens (including phenoxy) is 1.